The lowest BCUT2D eigenvalue weighted by molar-refractivity contribution is 0.0928. The maximum atomic E-state index is 12.7. The number of carbonyl (C=O) groups excluding carboxylic acids is 2. The molecule has 1 unspecified atom stereocenters. The van der Waals surface area contributed by atoms with E-state index in [0.29, 0.717) is 0 Å². The maximum Gasteiger partial charge on any atom is 0.271 e. The normalized spacial score (nSPS) is 12.1. The predicted molar refractivity (Wildman–Crippen MR) is 113 cm³/mol. The highest BCUT2D eigenvalue weighted by molar-refractivity contribution is 6.40. The van der Waals surface area contributed by atoms with Crippen molar-refractivity contribution in [3.8, 4) is 0 Å². The highest BCUT2D eigenvalue weighted by Crippen LogP contribution is 2.25. The van der Waals surface area contributed by atoms with Gasteiger partial charge < -0.3 is 10.6 Å². The molecule has 0 bridgehead atoms. The van der Waals surface area contributed by atoms with Gasteiger partial charge in [0.05, 0.1) is 27.5 Å². The van der Waals surface area contributed by atoms with Crippen LogP contribution in [0.3, 0.4) is 0 Å². The Morgan fingerprint density at radius 3 is 2.57 bits per heavy atom. The molecule has 1 atom stereocenters. The second-order valence-corrected chi connectivity index (χ2v) is 7.13. The summed E-state index contributed by atoms with van der Waals surface area (Å²) in [5.74, 6) is -0.832. The largest absolute Gasteiger partial charge is 0.348 e. The minimum atomic E-state index is -0.510. The zero-order valence-electron chi connectivity index (χ0n) is 15.9. The first kappa shape index (κ1) is 22.0. The van der Waals surface area contributed by atoms with Gasteiger partial charge in [-0.2, -0.15) is 5.10 Å². The van der Waals surface area contributed by atoms with Crippen molar-refractivity contribution >= 4 is 40.7 Å². The Bertz CT molecular complexity index is 828. The Labute approximate surface area is 174 Å². The molecule has 2 aromatic rings. The van der Waals surface area contributed by atoms with Gasteiger partial charge in [-0.05, 0) is 38.3 Å². The van der Waals surface area contributed by atoms with E-state index in [-0.39, 0.29) is 38.9 Å². The van der Waals surface area contributed by atoms with Gasteiger partial charge in [-0.1, -0.05) is 54.8 Å². The van der Waals surface area contributed by atoms with Crippen molar-refractivity contribution in [2.75, 3.05) is 5.32 Å². The third kappa shape index (κ3) is 5.84. The fourth-order valence-electron chi connectivity index (χ4n) is 2.81. The van der Waals surface area contributed by atoms with Crippen LogP contribution in [0.1, 0.15) is 60.4 Å². The first-order valence-corrected chi connectivity index (χ1v) is 9.94. The molecule has 1 aromatic carbocycles. The highest BCUT2D eigenvalue weighted by Gasteiger charge is 2.21. The average Bonchev–Trinajstić information content (AvgIpc) is 3.10. The van der Waals surface area contributed by atoms with Crippen LogP contribution in [0.4, 0.5) is 5.69 Å². The van der Waals surface area contributed by atoms with E-state index in [1.807, 2.05) is 13.0 Å². The molecule has 6 nitrogen and oxygen atoms in total. The van der Waals surface area contributed by atoms with Crippen LogP contribution in [0.2, 0.25) is 10.0 Å². The van der Waals surface area contributed by atoms with Gasteiger partial charge in [0.25, 0.3) is 11.8 Å². The number of H-pyrrole nitrogens is 1. The number of nitrogens with one attached hydrogen (secondary N) is 3. The summed E-state index contributed by atoms with van der Waals surface area (Å²) in [5, 5.41) is 12.7. The van der Waals surface area contributed by atoms with E-state index in [9.17, 15) is 9.59 Å². The van der Waals surface area contributed by atoms with Gasteiger partial charge in [-0.3, -0.25) is 14.7 Å². The van der Waals surface area contributed by atoms with Crippen LogP contribution >= 0.6 is 23.2 Å². The molecule has 1 aromatic heterocycles. The lowest BCUT2D eigenvalue weighted by atomic mass is 10.1. The van der Waals surface area contributed by atoms with Crippen LogP contribution in [-0.4, -0.2) is 28.1 Å². The molecule has 0 saturated carbocycles. The number of nitrogens with zero attached hydrogens (tertiary/aromatic N) is 1. The second kappa shape index (κ2) is 10.9. The van der Waals surface area contributed by atoms with Crippen LogP contribution < -0.4 is 10.6 Å². The molecule has 3 N–H and O–H groups in total. The average molecular weight is 423 g/mol. The van der Waals surface area contributed by atoms with Crippen molar-refractivity contribution in [3.63, 3.8) is 0 Å². The maximum absolute atomic E-state index is 12.7. The number of amides is 2. The van der Waals surface area contributed by atoms with Crippen molar-refractivity contribution in [1.82, 2.24) is 15.5 Å². The predicted octanol–water partition coefficient (Wildman–Crippen LogP) is 5.22. The molecule has 0 aliphatic carbocycles. The number of hydrogen-bond acceptors (Lipinski definition) is 3. The monoisotopic (exact) mass is 422 g/mol. The summed E-state index contributed by atoms with van der Waals surface area (Å²) in [6.45, 7) is 4.04. The lowest BCUT2D eigenvalue weighted by Crippen LogP contribution is -2.35. The van der Waals surface area contributed by atoms with E-state index < -0.39 is 5.91 Å². The standard InChI is InChI=1S/C20H24Cl2N4O2/c1-3-5-6-9-13(8-4-2)24-20(28)18-16(12-23-26-18)25-19(27)17-14(21)10-7-11-15(17)22/h3,5,7,10-13H,4,6,8-9H2,1-2H3,(H,23,26)(H,24,28)(H,25,27)/b5-3+. The molecule has 0 radical (unpaired) electrons. The van der Waals surface area contributed by atoms with E-state index in [4.69, 9.17) is 23.2 Å². The van der Waals surface area contributed by atoms with E-state index in [1.54, 1.807) is 18.2 Å². The van der Waals surface area contributed by atoms with Gasteiger partial charge in [0, 0.05) is 6.04 Å². The van der Waals surface area contributed by atoms with Gasteiger partial charge >= 0.3 is 0 Å². The van der Waals surface area contributed by atoms with E-state index in [0.717, 1.165) is 25.7 Å². The quantitative estimate of drug-likeness (QED) is 0.483. The molecule has 0 spiro atoms. The molecule has 0 fully saturated rings. The Kier molecular flexibility index (Phi) is 8.54. The van der Waals surface area contributed by atoms with Crippen molar-refractivity contribution in [3.05, 3.63) is 57.9 Å². The molecule has 150 valence electrons. The molecule has 8 heteroatoms. The number of benzene rings is 1. The van der Waals surface area contributed by atoms with Gasteiger partial charge in [0.1, 0.15) is 5.69 Å². The zero-order valence-corrected chi connectivity index (χ0v) is 17.4. The molecule has 2 rings (SSSR count). The van der Waals surface area contributed by atoms with E-state index in [1.165, 1.54) is 6.20 Å². The van der Waals surface area contributed by atoms with Crippen LogP contribution in [-0.2, 0) is 0 Å². The van der Waals surface area contributed by atoms with Gasteiger partial charge in [0.15, 0.2) is 0 Å². The minimum Gasteiger partial charge on any atom is -0.348 e. The zero-order chi connectivity index (χ0) is 20.5. The van der Waals surface area contributed by atoms with Gasteiger partial charge in [-0.25, -0.2) is 0 Å². The molecular weight excluding hydrogens is 399 g/mol. The summed E-state index contributed by atoms with van der Waals surface area (Å²) in [6.07, 6.45) is 9.00. The number of aromatic nitrogens is 2. The van der Waals surface area contributed by atoms with Crippen LogP contribution in [0.25, 0.3) is 0 Å². The molecule has 1 heterocycles. The Hall–Kier alpha value is -2.31. The fourth-order valence-corrected chi connectivity index (χ4v) is 3.38. The van der Waals surface area contributed by atoms with Crippen molar-refractivity contribution in [2.24, 2.45) is 0 Å². The number of halogens is 2. The van der Waals surface area contributed by atoms with Crippen molar-refractivity contribution < 1.29 is 9.59 Å². The third-order valence-corrected chi connectivity index (χ3v) is 4.82. The molecule has 0 aliphatic rings. The summed E-state index contributed by atoms with van der Waals surface area (Å²) in [4.78, 5) is 25.3. The molecule has 0 aliphatic heterocycles. The summed E-state index contributed by atoms with van der Waals surface area (Å²) in [5.41, 5.74) is 0.597. The fraction of sp³-hybridized carbons (Fsp3) is 0.350. The number of hydrogen-bond donors (Lipinski definition) is 3. The van der Waals surface area contributed by atoms with Gasteiger partial charge in [-0.15, -0.1) is 0 Å². The summed E-state index contributed by atoms with van der Waals surface area (Å²) >= 11 is 12.2. The first-order valence-electron chi connectivity index (χ1n) is 9.18. The van der Waals surface area contributed by atoms with E-state index in [2.05, 4.69) is 33.8 Å². The first-order chi connectivity index (χ1) is 13.5. The molecular formula is C20H24Cl2N4O2. The summed E-state index contributed by atoms with van der Waals surface area (Å²) in [7, 11) is 0. The van der Waals surface area contributed by atoms with E-state index >= 15 is 0 Å². The van der Waals surface area contributed by atoms with Crippen LogP contribution in [0.5, 0.6) is 0 Å². The third-order valence-electron chi connectivity index (χ3n) is 4.19. The number of allylic oxidation sites excluding steroid dienone is 2. The van der Waals surface area contributed by atoms with Crippen molar-refractivity contribution in [1.29, 1.82) is 0 Å². The highest BCUT2D eigenvalue weighted by atomic mass is 35.5. The lowest BCUT2D eigenvalue weighted by Gasteiger charge is -2.17. The van der Waals surface area contributed by atoms with Gasteiger partial charge in [0.2, 0.25) is 0 Å². The summed E-state index contributed by atoms with van der Waals surface area (Å²) < 4.78 is 0. The number of anilines is 1. The molecule has 2 amide bonds. The number of carbonyl (C=O) groups is 2. The molecule has 28 heavy (non-hydrogen) atoms. The number of aromatic amines is 1. The van der Waals surface area contributed by atoms with Crippen LogP contribution in [0, 0.1) is 0 Å². The Balaban J connectivity index is 2.11. The Morgan fingerprint density at radius 2 is 1.93 bits per heavy atom. The Morgan fingerprint density at radius 1 is 1.21 bits per heavy atom. The minimum absolute atomic E-state index is 0.0403. The van der Waals surface area contributed by atoms with Crippen LogP contribution in [0.15, 0.2) is 36.5 Å². The SMILES string of the molecule is C/C=C/CCC(CCC)NC(=O)c1[nH]ncc1NC(=O)c1c(Cl)cccc1Cl. The smallest absolute Gasteiger partial charge is 0.271 e. The second-order valence-electron chi connectivity index (χ2n) is 6.31. The topological polar surface area (TPSA) is 86.9 Å². The molecule has 0 saturated heterocycles. The summed E-state index contributed by atoms with van der Waals surface area (Å²) in [6, 6.07) is 4.84. The number of rotatable bonds is 9. The van der Waals surface area contributed by atoms with Crippen molar-refractivity contribution in [2.45, 2.75) is 45.6 Å².